The number of phenolic OH excluding ortho intramolecular Hbond substituents is 1. The normalized spacial score (nSPS) is 15.5. The Labute approximate surface area is 187 Å². The van der Waals surface area contributed by atoms with Crippen LogP contribution in [0.25, 0.3) is 11.3 Å². The number of amides is 1. The molecule has 4 aromatic rings. The summed E-state index contributed by atoms with van der Waals surface area (Å²) in [4.78, 5) is 15.2. The highest BCUT2D eigenvalue weighted by Gasteiger charge is 2.43. The number of benzene rings is 2. The number of aromatic amines is 1. The molecular weight excluding hydrogens is 458 g/mol. The van der Waals surface area contributed by atoms with Crippen molar-refractivity contribution in [2.24, 2.45) is 0 Å². The fraction of sp³-hybridized carbons (Fsp3) is 0.167. The number of nitrogens with one attached hydrogen (secondary N) is 1. The van der Waals surface area contributed by atoms with Crippen LogP contribution in [0.4, 0.5) is 0 Å². The zero-order valence-corrected chi connectivity index (χ0v) is 18.6. The molecule has 0 unspecified atom stereocenters. The fourth-order valence-electron chi connectivity index (χ4n) is 4.40. The molecule has 0 saturated carbocycles. The molecule has 156 valence electrons. The average Bonchev–Trinajstić information content (AvgIpc) is 3.42. The molecule has 2 aromatic carbocycles. The molecule has 31 heavy (non-hydrogen) atoms. The first-order valence-corrected chi connectivity index (χ1v) is 10.7. The van der Waals surface area contributed by atoms with Crippen LogP contribution in [0.15, 0.2) is 63.7 Å². The summed E-state index contributed by atoms with van der Waals surface area (Å²) in [6.45, 7) is 4.20. The Balaban J connectivity index is 1.71. The SMILES string of the molecule is Cc1cc(C)c(-c2n[nH]c3c2[C@@H](c2cccc(Br)c2)N(Cc2ccco2)C3=O)c(O)c1. The molecular formula is C24H20BrN3O3. The van der Waals surface area contributed by atoms with Crippen LogP contribution in [0.3, 0.4) is 0 Å². The molecule has 3 heterocycles. The van der Waals surface area contributed by atoms with Crippen molar-refractivity contribution in [1.29, 1.82) is 0 Å². The van der Waals surface area contributed by atoms with Gasteiger partial charge in [-0.2, -0.15) is 5.10 Å². The second kappa shape index (κ2) is 7.42. The summed E-state index contributed by atoms with van der Waals surface area (Å²) in [5, 5.41) is 18.1. The van der Waals surface area contributed by atoms with Gasteiger partial charge < -0.3 is 14.4 Å². The summed E-state index contributed by atoms with van der Waals surface area (Å²) >= 11 is 3.54. The first kappa shape index (κ1) is 19.6. The van der Waals surface area contributed by atoms with Crippen LogP contribution in [0, 0.1) is 13.8 Å². The lowest BCUT2D eigenvalue weighted by atomic mass is 9.93. The number of aromatic nitrogens is 2. The van der Waals surface area contributed by atoms with Gasteiger partial charge in [0.2, 0.25) is 0 Å². The maximum absolute atomic E-state index is 13.4. The number of fused-ring (bicyclic) bond motifs is 1. The fourth-order valence-corrected chi connectivity index (χ4v) is 4.81. The third kappa shape index (κ3) is 3.25. The van der Waals surface area contributed by atoms with Crippen LogP contribution >= 0.6 is 15.9 Å². The number of nitrogens with zero attached hydrogens (tertiary/aromatic N) is 2. The molecule has 0 spiro atoms. The molecule has 0 saturated heterocycles. The van der Waals surface area contributed by atoms with Crippen LogP contribution < -0.4 is 0 Å². The Kier molecular flexibility index (Phi) is 4.70. The van der Waals surface area contributed by atoms with Gasteiger partial charge in [-0.3, -0.25) is 9.89 Å². The van der Waals surface area contributed by atoms with Gasteiger partial charge in [0.05, 0.1) is 18.8 Å². The molecule has 0 aliphatic carbocycles. The molecule has 2 aromatic heterocycles. The number of carbonyl (C=O) groups excluding carboxylic acids is 1. The molecule has 1 aliphatic rings. The van der Waals surface area contributed by atoms with Gasteiger partial charge in [0, 0.05) is 15.6 Å². The molecule has 1 atom stereocenters. The van der Waals surface area contributed by atoms with E-state index in [-0.39, 0.29) is 17.7 Å². The number of hydrogen-bond acceptors (Lipinski definition) is 4. The van der Waals surface area contributed by atoms with Crippen molar-refractivity contribution in [3.05, 3.63) is 93.0 Å². The summed E-state index contributed by atoms with van der Waals surface area (Å²) in [5.41, 5.74) is 5.23. The Morgan fingerprint density at radius 2 is 2.03 bits per heavy atom. The lowest BCUT2D eigenvalue weighted by Crippen LogP contribution is -2.29. The number of rotatable bonds is 4. The van der Waals surface area contributed by atoms with Crippen LogP contribution in [0.2, 0.25) is 0 Å². The number of H-pyrrole nitrogens is 1. The summed E-state index contributed by atoms with van der Waals surface area (Å²) in [5.74, 6) is 0.693. The van der Waals surface area contributed by atoms with Crippen molar-refractivity contribution in [1.82, 2.24) is 15.1 Å². The number of furan rings is 1. The summed E-state index contributed by atoms with van der Waals surface area (Å²) < 4.78 is 6.44. The summed E-state index contributed by atoms with van der Waals surface area (Å²) in [7, 11) is 0. The highest BCUT2D eigenvalue weighted by atomic mass is 79.9. The van der Waals surface area contributed by atoms with Crippen molar-refractivity contribution in [2.45, 2.75) is 26.4 Å². The van der Waals surface area contributed by atoms with E-state index in [1.165, 1.54) is 0 Å². The predicted octanol–water partition coefficient (Wildman–Crippen LogP) is 5.50. The van der Waals surface area contributed by atoms with Crippen LogP contribution in [0.5, 0.6) is 5.75 Å². The standard InChI is InChI=1S/C24H20BrN3O3/c1-13-9-14(2)19(18(29)10-13)21-20-22(27-26-21)24(30)28(12-17-7-4-8-31-17)23(20)15-5-3-6-16(25)11-15/h3-11,23,29H,12H2,1-2H3,(H,26,27)/t23-/m1/s1. The van der Waals surface area contributed by atoms with E-state index in [4.69, 9.17) is 4.42 Å². The molecule has 0 radical (unpaired) electrons. The van der Waals surface area contributed by atoms with Gasteiger partial charge in [0.1, 0.15) is 22.9 Å². The van der Waals surface area contributed by atoms with Gasteiger partial charge in [0.25, 0.3) is 5.91 Å². The molecule has 7 heteroatoms. The van der Waals surface area contributed by atoms with Gasteiger partial charge in [-0.15, -0.1) is 0 Å². The van der Waals surface area contributed by atoms with Gasteiger partial charge >= 0.3 is 0 Å². The predicted molar refractivity (Wildman–Crippen MR) is 120 cm³/mol. The van der Waals surface area contributed by atoms with Crippen molar-refractivity contribution >= 4 is 21.8 Å². The Bertz CT molecular complexity index is 1270. The second-order valence-corrected chi connectivity index (χ2v) is 8.72. The third-order valence-electron chi connectivity index (χ3n) is 5.63. The Morgan fingerprint density at radius 1 is 1.19 bits per heavy atom. The molecule has 0 fully saturated rings. The highest BCUT2D eigenvalue weighted by Crippen LogP contribution is 2.46. The molecule has 1 aliphatic heterocycles. The van der Waals surface area contributed by atoms with Crippen molar-refractivity contribution < 1.29 is 14.3 Å². The minimum Gasteiger partial charge on any atom is -0.507 e. The zero-order valence-electron chi connectivity index (χ0n) is 17.0. The van der Waals surface area contributed by atoms with Gasteiger partial charge in [-0.1, -0.05) is 34.1 Å². The smallest absolute Gasteiger partial charge is 0.273 e. The molecule has 0 bridgehead atoms. The molecule has 2 N–H and O–H groups in total. The van der Waals surface area contributed by atoms with Gasteiger partial charge in [0.15, 0.2) is 0 Å². The van der Waals surface area contributed by atoms with Crippen LogP contribution in [-0.4, -0.2) is 26.1 Å². The Morgan fingerprint density at radius 3 is 2.74 bits per heavy atom. The highest BCUT2D eigenvalue weighted by molar-refractivity contribution is 9.10. The van der Waals surface area contributed by atoms with Crippen molar-refractivity contribution in [3.8, 4) is 17.0 Å². The first-order valence-electron chi connectivity index (χ1n) is 9.91. The minimum atomic E-state index is -0.376. The van der Waals surface area contributed by atoms with E-state index in [9.17, 15) is 9.90 Å². The minimum absolute atomic E-state index is 0.150. The van der Waals surface area contributed by atoms with E-state index in [1.54, 1.807) is 17.2 Å². The third-order valence-corrected chi connectivity index (χ3v) is 6.12. The first-order chi connectivity index (χ1) is 14.9. The molecule has 1 amide bonds. The summed E-state index contributed by atoms with van der Waals surface area (Å²) in [6, 6.07) is 14.9. The number of phenols is 1. The van der Waals surface area contributed by atoms with Gasteiger partial charge in [-0.05, 0) is 60.9 Å². The van der Waals surface area contributed by atoms with E-state index < -0.39 is 0 Å². The number of carbonyl (C=O) groups is 1. The van der Waals surface area contributed by atoms with E-state index in [0.717, 1.165) is 26.7 Å². The number of hydrogen-bond donors (Lipinski definition) is 2. The van der Waals surface area contributed by atoms with E-state index >= 15 is 0 Å². The quantitative estimate of drug-likeness (QED) is 0.406. The van der Waals surface area contributed by atoms with E-state index in [1.807, 2.05) is 56.3 Å². The lowest BCUT2D eigenvalue weighted by Gasteiger charge is -2.26. The van der Waals surface area contributed by atoms with E-state index in [0.29, 0.717) is 29.3 Å². The van der Waals surface area contributed by atoms with E-state index in [2.05, 4.69) is 26.1 Å². The maximum Gasteiger partial charge on any atom is 0.273 e. The topological polar surface area (TPSA) is 82.4 Å². The van der Waals surface area contributed by atoms with Crippen molar-refractivity contribution in [3.63, 3.8) is 0 Å². The Hall–Kier alpha value is -3.32. The summed E-state index contributed by atoms with van der Waals surface area (Å²) in [6.07, 6.45) is 1.60. The molecule has 6 nitrogen and oxygen atoms in total. The second-order valence-electron chi connectivity index (χ2n) is 7.81. The maximum atomic E-state index is 13.4. The van der Waals surface area contributed by atoms with Crippen LogP contribution in [-0.2, 0) is 6.54 Å². The zero-order chi connectivity index (χ0) is 21.7. The average molecular weight is 478 g/mol. The van der Waals surface area contributed by atoms with Crippen LogP contribution in [0.1, 0.15) is 44.5 Å². The van der Waals surface area contributed by atoms with Gasteiger partial charge in [-0.25, -0.2) is 0 Å². The van der Waals surface area contributed by atoms with Crippen molar-refractivity contribution in [2.75, 3.05) is 0 Å². The molecule has 5 rings (SSSR count). The number of halogens is 1. The number of aryl methyl sites for hydroxylation is 2. The monoisotopic (exact) mass is 477 g/mol. The number of aromatic hydroxyl groups is 1. The lowest BCUT2D eigenvalue weighted by molar-refractivity contribution is 0.0717. The largest absolute Gasteiger partial charge is 0.507 e.